The molecule has 0 N–H and O–H groups in total. The molecule has 0 bridgehead atoms. The van der Waals surface area contributed by atoms with Crippen molar-refractivity contribution in [2.24, 2.45) is 58.2 Å². The molecule has 0 radical (unpaired) electrons. The first-order valence-electron chi connectivity index (χ1n) is 27.2. The third-order valence-corrected chi connectivity index (χ3v) is 23.0. The fraction of sp³-hybridized carbons (Fsp3) is 0.257. The zero-order valence-corrected chi connectivity index (χ0v) is 39.9. The molecule has 0 saturated heterocycles. The number of nitrogens with zero attached hydrogens (tertiary/aromatic N) is 1. The molecule has 8 atom stereocenters. The average molecular weight is 908 g/mol. The van der Waals surface area contributed by atoms with Gasteiger partial charge in [-0.3, -0.25) is 0 Å². The Balaban J connectivity index is 0.785. The van der Waals surface area contributed by atoms with E-state index < -0.39 is 0 Å². The van der Waals surface area contributed by atoms with Gasteiger partial charge in [0.25, 0.3) is 0 Å². The molecule has 8 fully saturated rings. The van der Waals surface area contributed by atoms with E-state index in [2.05, 4.69) is 205 Å². The van der Waals surface area contributed by atoms with E-state index in [9.17, 15) is 0 Å². The minimum atomic E-state index is 0.134. The predicted octanol–water partition coefficient (Wildman–Crippen LogP) is 17.2. The summed E-state index contributed by atoms with van der Waals surface area (Å²) in [5.74, 6) is 7.15. The molecule has 0 heterocycles. The van der Waals surface area contributed by atoms with Crippen LogP contribution in [-0.2, 0) is 10.8 Å². The van der Waals surface area contributed by atoms with Gasteiger partial charge in [0.15, 0.2) is 0 Å². The first-order valence-corrected chi connectivity index (χ1v) is 27.2. The first kappa shape index (κ1) is 37.8. The van der Waals surface area contributed by atoms with E-state index >= 15 is 0 Å². The highest BCUT2D eigenvalue weighted by atomic mass is 15.1. The Morgan fingerprint density at radius 3 is 1.41 bits per heavy atom. The van der Waals surface area contributed by atoms with E-state index in [1.165, 1.54) is 122 Å². The summed E-state index contributed by atoms with van der Waals surface area (Å²) in [6, 6.07) is 77.9. The van der Waals surface area contributed by atoms with E-state index in [1.54, 1.807) is 22.3 Å². The van der Waals surface area contributed by atoms with Crippen molar-refractivity contribution >= 4 is 27.8 Å². The van der Waals surface area contributed by atoms with Crippen molar-refractivity contribution in [1.82, 2.24) is 0 Å². The third-order valence-electron chi connectivity index (χ3n) is 23.0. The molecule has 10 aliphatic carbocycles. The molecule has 4 spiro atoms. The number of hydrogen-bond acceptors (Lipinski definition) is 1. The van der Waals surface area contributed by atoms with Crippen LogP contribution in [0.15, 0.2) is 200 Å². The van der Waals surface area contributed by atoms with Crippen molar-refractivity contribution in [2.45, 2.75) is 49.4 Å². The molecule has 8 saturated carbocycles. The zero-order chi connectivity index (χ0) is 45.7. The van der Waals surface area contributed by atoms with Crippen LogP contribution >= 0.6 is 0 Å². The van der Waals surface area contributed by atoms with Gasteiger partial charge in [-0.25, -0.2) is 0 Å². The molecule has 0 amide bonds. The van der Waals surface area contributed by atoms with Gasteiger partial charge in [0.05, 0.1) is 5.69 Å². The van der Waals surface area contributed by atoms with Crippen LogP contribution in [0.25, 0.3) is 66.4 Å². The molecular formula is C70H53N. The van der Waals surface area contributed by atoms with Gasteiger partial charge in [-0.15, -0.1) is 0 Å². The van der Waals surface area contributed by atoms with Crippen molar-refractivity contribution < 1.29 is 0 Å². The molecule has 1 heteroatoms. The van der Waals surface area contributed by atoms with Gasteiger partial charge in [0.2, 0.25) is 0 Å². The van der Waals surface area contributed by atoms with Crippen molar-refractivity contribution in [2.75, 3.05) is 4.90 Å². The standard InChI is InChI=1S/C70H53N/c1-2-12-41(13-3-1)50-19-10-14-42-15-11-20-56(66(42)50)55-18-6-9-23-61(55)71(49-29-31-54-52-17-5-8-22-58(52)70(60(54)39-49)64-37-46-34-47-38-65(70)68(46,47)64)48-27-24-40(25-28-48)43-26-30-53-51-16-4-7-21-57(51)69(59(53)32-43)62-35-44-33-45-36-63(69)67(44,45)62/h1-32,39,44-47,62-65H,33-38H2. The van der Waals surface area contributed by atoms with Gasteiger partial charge in [-0.1, -0.05) is 164 Å². The quantitative estimate of drug-likeness (QED) is 0.161. The van der Waals surface area contributed by atoms with Crippen LogP contribution in [0.3, 0.4) is 0 Å². The summed E-state index contributed by atoms with van der Waals surface area (Å²) in [5.41, 5.74) is 25.4. The largest absolute Gasteiger partial charge is 0.310 e. The summed E-state index contributed by atoms with van der Waals surface area (Å²) in [4.78, 5) is 2.62. The van der Waals surface area contributed by atoms with E-state index in [0.29, 0.717) is 10.8 Å². The monoisotopic (exact) mass is 907 g/mol. The molecule has 0 aliphatic heterocycles. The summed E-state index contributed by atoms with van der Waals surface area (Å²) < 4.78 is 0. The maximum absolute atomic E-state index is 2.67. The second kappa shape index (κ2) is 12.4. The summed E-state index contributed by atoms with van der Waals surface area (Å²) in [7, 11) is 0. The summed E-state index contributed by atoms with van der Waals surface area (Å²) >= 11 is 0. The van der Waals surface area contributed by atoms with E-state index in [1.807, 2.05) is 0 Å². The Labute approximate surface area is 416 Å². The Morgan fingerprint density at radius 1 is 0.310 bits per heavy atom. The van der Waals surface area contributed by atoms with Gasteiger partial charge < -0.3 is 4.90 Å². The van der Waals surface area contributed by atoms with Crippen LogP contribution in [0, 0.1) is 58.2 Å². The average Bonchev–Trinajstić information content (AvgIpc) is 3.86. The Kier molecular flexibility index (Phi) is 6.59. The van der Waals surface area contributed by atoms with Crippen LogP contribution < -0.4 is 4.90 Å². The minimum absolute atomic E-state index is 0.134. The highest BCUT2D eigenvalue weighted by Gasteiger charge is 2.91. The van der Waals surface area contributed by atoms with E-state index in [0.717, 1.165) is 47.3 Å². The van der Waals surface area contributed by atoms with Crippen LogP contribution in [0.4, 0.5) is 17.1 Å². The lowest BCUT2D eigenvalue weighted by molar-refractivity contribution is -0.412. The fourth-order valence-electron chi connectivity index (χ4n) is 20.8. The molecule has 8 unspecified atom stereocenters. The van der Waals surface area contributed by atoms with Crippen LogP contribution in [-0.4, -0.2) is 0 Å². The lowest BCUT2D eigenvalue weighted by Gasteiger charge is -2.92. The second-order valence-electron chi connectivity index (χ2n) is 24.2. The van der Waals surface area contributed by atoms with Gasteiger partial charge >= 0.3 is 0 Å². The Bertz CT molecular complexity index is 3830. The molecule has 10 aliphatic rings. The van der Waals surface area contributed by atoms with Crippen molar-refractivity contribution in [3.63, 3.8) is 0 Å². The highest BCUT2D eigenvalue weighted by Crippen LogP contribution is 2.96. The lowest BCUT2D eigenvalue weighted by atomic mass is 9.11. The molecule has 1 nitrogen and oxygen atoms in total. The van der Waals surface area contributed by atoms with Crippen molar-refractivity contribution in [3.8, 4) is 55.6 Å². The lowest BCUT2D eigenvalue weighted by Crippen LogP contribution is -2.88. The number of para-hydroxylation sites is 1. The molecule has 9 aromatic rings. The number of fused-ring (bicyclic) bond motifs is 15. The number of rotatable bonds is 6. The number of hydrogen-bond donors (Lipinski definition) is 0. The van der Waals surface area contributed by atoms with Crippen LogP contribution in [0.5, 0.6) is 0 Å². The zero-order valence-electron chi connectivity index (χ0n) is 39.9. The molecule has 338 valence electrons. The molecule has 71 heavy (non-hydrogen) atoms. The SMILES string of the molecule is c1ccc(-c2cccc3cccc(-c4ccccc4N(c4ccc(-c5ccc6c(c5)C5(c7ccccc7-6)C6CC7CC8CC5C786)cc4)c4ccc5c(c4)C4(c6ccccc6-5)C5CC6CC7CC4C675)c23)cc1. The summed E-state index contributed by atoms with van der Waals surface area (Å²) in [5, 5.41) is 2.56. The third kappa shape index (κ3) is 3.88. The molecule has 19 rings (SSSR count). The topological polar surface area (TPSA) is 3.24 Å². The van der Waals surface area contributed by atoms with Crippen LogP contribution in [0.1, 0.15) is 60.8 Å². The van der Waals surface area contributed by atoms with E-state index in [4.69, 9.17) is 0 Å². The van der Waals surface area contributed by atoms with Gasteiger partial charge in [0, 0.05) is 27.8 Å². The Morgan fingerprint density at radius 2 is 0.789 bits per heavy atom. The maximum atomic E-state index is 2.67. The van der Waals surface area contributed by atoms with E-state index in [-0.39, 0.29) is 10.8 Å². The fourth-order valence-corrected chi connectivity index (χ4v) is 20.8. The normalized spacial score (nSPS) is 33.8. The minimum Gasteiger partial charge on any atom is -0.310 e. The molecular weight excluding hydrogens is 855 g/mol. The summed E-state index contributed by atoms with van der Waals surface area (Å²) in [6.07, 6.45) is 8.67. The first-order chi connectivity index (χ1) is 35.1. The molecule has 0 aromatic heterocycles. The van der Waals surface area contributed by atoms with Gasteiger partial charge in [-0.2, -0.15) is 0 Å². The maximum Gasteiger partial charge on any atom is 0.0540 e. The van der Waals surface area contributed by atoms with Crippen molar-refractivity contribution in [1.29, 1.82) is 0 Å². The Hall–Kier alpha value is -6.96. The molecule has 9 aromatic carbocycles. The highest BCUT2D eigenvalue weighted by molar-refractivity contribution is 6.09. The predicted molar refractivity (Wildman–Crippen MR) is 288 cm³/mol. The second-order valence-corrected chi connectivity index (χ2v) is 24.2. The number of benzene rings is 9. The number of anilines is 3. The summed E-state index contributed by atoms with van der Waals surface area (Å²) in [6.45, 7) is 0. The van der Waals surface area contributed by atoms with Gasteiger partial charge in [0.1, 0.15) is 0 Å². The van der Waals surface area contributed by atoms with Crippen molar-refractivity contribution in [3.05, 3.63) is 222 Å². The van der Waals surface area contributed by atoms with Crippen LogP contribution in [0.2, 0.25) is 0 Å². The van der Waals surface area contributed by atoms with Gasteiger partial charge in [-0.05, 0) is 216 Å². The smallest absolute Gasteiger partial charge is 0.0540 e.